The largest absolute Gasteiger partial charge is 0.466 e. The minimum atomic E-state index is 0.0740. The molecule has 1 unspecified atom stereocenters. The summed E-state index contributed by atoms with van der Waals surface area (Å²) < 4.78 is 6.50. The van der Waals surface area contributed by atoms with Gasteiger partial charge < -0.3 is 10.2 Å². The van der Waals surface area contributed by atoms with E-state index in [1.54, 1.807) is 6.26 Å². The molecule has 19 heavy (non-hydrogen) atoms. The van der Waals surface area contributed by atoms with Gasteiger partial charge in [0.2, 0.25) is 0 Å². The molecule has 1 aromatic heterocycles. The van der Waals surface area contributed by atoms with Gasteiger partial charge in [0.25, 0.3) is 0 Å². The quantitative estimate of drug-likeness (QED) is 0.916. The standard InChI is InChI=1S/C15H19BrN2O/c1-11-4-3-5-12(8-11)10-18(2)14(9-17)15-13(16)6-7-19-15/h3-8,14H,9-10,17H2,1-2H3. The van der Waals surface area contributed by atoms with Crippen molar-refractivity contribution < 1.29 is 4.42 Å². The van der Waals surface area contributed by atoms with Crippen LogP contribution in [0.25, 0.3) is 0 Å². The van der Waals surface area contributed by atoms with Crippen LogP contribution in [-0.4, -0.2) is 18.5 Å². The molecule has 0 saturated carbocycles. The highest BCUT2D eigenvalue weighted by atomic mass is 79.9. The van der Waals surface area contributed by atoms with E-state index in [9.17, 15) is 0 Å². The summed E-state index contributed by atoms with van der Waals surface area (Å²) in [4.78, 5) is 2.21. The van der Waals surface area contributed by atoms with Gasteiger partial charge in [-0.15, -0.1) is 0 Å². The highest BCUT2D eigenvalue weighted by Gasteiger charge is 2.21. The molecule has 2 rings (SSSR count). The Balaban J connectivity index is 2.14. The van der Waals surface area contributed by atoms with Crippen molar-refractivity contribution >= 4 is 15.9 Å². The second-order valence-corrected chi connectivity index (χ2v) is 5.64. The number of nitrogens with two attached hydrogens (primary N) is 1. The van der Waals surface area contributed by atoms with Gasteiger partial charge in [0, 0.05) is 13.1 Å². The molecular formula is C15H19BrN2O. The van der Waals surface area contributed by atoms with Crippen molar-refractivity contribution in [2.75, 3.05) is 13.6 Å². The van der Waals surface area contributed by atoms with E-state index in [2.05, 4.69) is 59.1 Å². The summed E-state index contributed by atoms with van der Waals surface area (Å²) in [5.74, 6) is 0.887. The van der Waals surface area contributed by atoms with Gasteiger partial charge in [-0.3, -0.25) is 4.90 Å². The fourth-order valence-electron chi connectivity index (χ4n) is 2.24. The molecule has 1 heterocycles. The molecule has 0 spiro atoms. The highest BCUT2D eigenvalue weighted by molar-refractivity contribution is 9.10. The lowest BCUT2D eigenvalue weighted by atomic mass is 10.1. The number of aryl methyl sites for hydroxylation is 1. The van der Waals surface area contributed by atoms with Crippen molar-refractivity contribution in [1.82, 2.24) is 4.90 Å². The Morgan fingerprint density at radius 2 is 2.16 bits per heavy atom. The maximum Gasteiger partial charge on any atom is 0.136 e. The molecular weight excluding hydrogens is 304 g/mol. The summed E-state index contributed by atoms with van der Waals surface area (Å²) in [6, 6.07) is 10.5. The average Bonchev–Trinajstić information content (AvgIpc) is 2.77. The zero-order valence-electron chi connectivity index (χ0n) is 11.3. The van der Waals surface area contributed by atoms with Crippen LogP contribution in [0.2, 0.25) is 0 Å². The number of hydrogen-bond acceptors (Lipinski definition) is 3. The lowest BCUT2D eigenvalue weighted by Gasteiger charge is -2.25. The Morgan fingerprint density at radius 3 is 2.74 bits per heavy atom. The summed E-state index contributed by atoms with van der Waals surface area (Å²) in [5, 5.41) is 0. The number of likely N-dealkylation sites (N-methyl/N-ethyl adjacent to an activating group) is 1. The first-order chi connectivity index (χ1) is 9.11. The third-order valence-corrected chi connectivity index (χ3v) is 3.87. The zero-order chi connectivity index (χ0) is 13.8. The van der Waals surface area contributed by atoms with Crippen LogP contribution < -0.4 is 5.73 Å². The van der Waals surface area contributed by atoms with Crippen molar-refractivity contribution in [2.45, 2.75) is 19.5 Å². The van der Waals surface area contributed by atoms with E-state index in [1.165, 1.54) is 11.1 Å². The first-order valence-corrected chi connectivity index (χ1v) is 7.10. The van der Waals surface area contributed by atoms with E-state index >= 15 is 0 Å². The molecule has 0 amide bonds. The smallest absolute Gasteiger partial charge is 0.136 e. The monoisotopic (exact) mass is 322 g/mol. The number of nitrogens with zero attached hydrogens (tertiary/aromatic N) is 1. The van der Waals surface area contributed by atoms with Crippen LogP contribution in [0.3, 0.4) is 0 Å². The van der Waals surface area contributed by atoms with Gasteiger partial charge in [0.1, 0.15) is 5.76 Å². The highest BCUT2D eigenvalue weighted by Crippen LogP contribution is 2.28. The van der Waals surface area contributed by atoms with E-state index in [1.807, 2.05) is 6.07 Å². The van der Waals surface area contributed by atoms with E-state index in [4.69, 9.17) is 10.2 Å². The van der Waals surface area contributed by atoms with Gasteiger partial charge >= 0.3 is 0 Å². The fraction of sp³-hybridized carbons (Fsp3) is 0.333. The second kappa shape index (κ2) is 6.37. The Labute approximate surface area is 122 Å². The molecule has 0 aliphatic heterocycles. The number of benzene rings is 1. The SMILES string of the molecule is Cc1cccc(CN(C)C(CN)c2occc2Br)c1. The topological polar surface area (TPSA) is 42.4 Å². The summed E-state index contributed by atoms with van der Waals surface area (Å²) in [6.45, 7) is 3.47. The molecule has 4 heteroatoms. The molecule has 0 bridgehead atoms. The lowest BCUT2D eigenvalue weighted by Crippen LogP contribution is -2.30. The van der Waals surface area contributed by atoms with Crippen molar-refractivity contribution in [3.63, 3.8) is 0 Å². The Morgan fingerprint density at radius 1 is 1.37 bits per heavy atom. The van der Waals surface area contributed by atoms with Crippen molar-refractivity contribution in [3.8, 4) is 0 Å². The number of furan rings is 1. The van der Waals surface area contributed by atoms with Crippen LogP contribution in [0.5, 0.6) is 0 Å². The molecule has 102 valence electrons. The maximum atomic E-state index is 5.89. The molecule has 3 nitrogen and oxygen atoms in total. The number of rotatable bonds is 5. The third-order valence-electron chi connectivity index (χ3n) is 3.22. The van der Waals surface area contributed by atoms with E-state index in [0.717, 1.165) is 16.8 Å². The average molecular weight is 323 g/mol. The van der Waals surface area contributed by atoms with Gasteiger partial charge in [-0.1, -0.05) is 29.8 Å². The van der Waals surface area contributed by atoms with Crippen LogP contribution in [0.1, 0.15) is 22.9 Å². The van der Waals surface area contributed by atoms with Crippen LogP contribution in [0.4, 0.5) is 0 Å². The number of hydrogen-bond donors (Lipinski definition) is 1. The van der Waals surface area contributed by atoms with Crippen LogP contribution in [0, 0.1) is 6.92 Å². The summed E-state index contributed by atoms with van der Waals surface area (Å²) >= 11 is 3.50. The van der Waals surface area contributed by atoms with Gasteiger partial charge in [-0.25, -0.2) is 0 Å². The first-order valence-electron chi connectivity index (χ1n) is 6.30. The lowest BCUT2D eigenvalue weighted by molar-refractivity contribution is 0.212. The Bertz CT molecular complexity index is 538. The zero-order valence-corrected chi connectivity index (χ0v) is 12.9. The molecule has 0 aliphatic carbocycles. The Kier molecular flexibility index (Phi) is 4.80. The summed E-state index contributed by atoms with van der Waals surface area (Å²) in [6.07, 6.45) is 1.68. The number of halogens is 1. The minimum absolute atomic E-state index is 0.0740. The molecule has 0 radical (unpaired) electrons. The Hall–Kier alpha value is -1.10. The van der Waals surface area contributed by atoms with Crippen LogP contribution in [0.15, 0.2) is 45.5 Å². The van der Waals surface area contributed by atoms with Gasteiger partial charge in [-0.2, -0.15) is 0 Å². The van der Waals surface area contributed by atoms with Crippen LogP contribution in [-0.2, 0) is 6.54 Å². The fourth-order valence-corrected chi connectivity index (χ4v) is 2.70. The van der Waals surface area contributed by atoms with Crippen LogP contribution >= 0.6 is 15.9 Å². The molecule has 0 aliphatic rings. The molecule has 1 atom stereocenters. The van der Waals surface area contributed by atoms with Gasteiger partial charge in [0.15, 0.2) is 0 Å². The molecule has 2 aromatic rings. The van der Waals surface area contributed by atoms with E-state index in [0.29, 0.717) is 6.54 Å². The first kappa shape index (κ1) is 14.3. The van der Waals surface area contributed by atoms with Gasteiger partial charge in [-0.05, 0) is 41.5 Å². The van der Waals surface area contributed by atoms with Crippen molar-refractivity contribution in [2.24, 2.45) is 5.73 Å². The minimum Gasteiger partial charge on any atom is -0.466 e. The predicted molar refractivity (Wildman–Crippen MR) is 80.8 cm³/mol. The van der Waals surface area contributed by atoms with E-state index < -0.39 is 0 Å². The normalized spacial score (nSPS) is 12.9. The van der Waals surface area contributed by atoms with E-state index in [-0.39, 0.29) is 6.04 Å². The molecule has 0 fully saturated rings. The maximum absolute atomic E-state index is 5.89. The summed E-state index contributed by atoms with van der Waals surface area (Å²) in [5.41, 5.74) is 8.45. The third kappa shape index (κ3) is 3.47. The second-order valence-electron chi connectivity index (χ2n) is 4.79. The predicted octanol–water partition coefficient (Wildman–Crippen LogP) is 3.48. The summed E-state index contributed by atoms with van der Waals surface area (Å²) in [7, 11) is 2.06. The molecule has 2 N–H and O–H groups in total. The molecule has 0 saturated heterocycles. The van der Waals surface area contributed by atoms with Crippen molar-refractivity contribution in [3.05, 3.63) is 58.0 Å². The van der Waals surface area contributed by atoms with Gasteiger partial charge in [0.05, 0.1) is 16.8 Å². The molecule has 1 aromatic carbocycles. The van der Waals surface area contributed by atoms with Crippen molar-refractivity contribution in [1.29, 1.82) is 0 Å².